The number of nitrogens with zero attached hydrogens (tertiary/aromatic N) is 1. The molecule has 0 saturated carbocycles. The van der Waals surface area contributed by atoms with Gasteiger partial charge in [-0.05, 0) is 19.2 Å². The second-order valence-corrected chi connectivity index (χ2v) is 7.69. The Bertz CT molecular complexity index is 542. The van der Waals surface area contributed by atoms with Crippen molar-refractivity contribution < 1.29 is 13.2 Å². The van der Waals surface area contributed by atoms with E-state index in [0.29, 0.717) is 24.6 Å². The minimum Gasteiger partial charge on any atom is -0.389 e. The molecule has 3 N–H and O–H groups in total. The molecular weight excluding hydrogens is 318 g/mol. The average molecular weight is 337 g/mol. The van der Waals surface area contributed by atoms with E-state index in [0.717, 1.165) is 17.9 Å². The van der Waals surface area contributed by atoms with Crippen molar-refractivity contribution in [3.05, 3.63) is 17.0 Å². The van der Waals surface area contributed by atoms with E-state index in [4.69, 9.17) is 22.7 Å². The first kappa shape index (κ1) is 17.5. The quantitative estimate of drug-likeness (QED) is 0.628. The van der Waals surface area contributed by atoms with Crippen LogP contribution >= 0.6 is 23.6 Å². The number of rotatable bonds is 9. The molecule has 0 aliphatic carbocycles. The van der Waals surface area contributed by atoms with Gasteiger partial charge < -0.3 is 15.4 Å². The second-order valence-electron chi connectivity index (χ2n) is 4.18. The SMILES string of the molecule is COCCN(C)CCNS(=O)(=O)c1ccc(C(N)=S)s1. The number of nitrogens with one attached hydrogen (secondary N) is 1. The van der Waals surface area contributed by atoms with Crippen molar-refractivity contribution in [2.45, 2.75) is 4.21 Å². The minimum atomic E-state index is -3.49. The van der Waals surface area contributed by atoms with Gasteiger partial charge in [0, 0.05) is 26.7 Å². The second kappa shape index (κ2) is 8.01. The molecule has 0 aliphatic rings. The molecule has 6 nitrogen and oxygen atoms in total. The summed E-state index contributed by atoms with van der Waals surface area (Å²) >= 11 is 5.89. The third-order valence-corrected chi connectivity index (χ3v) is 5.97. The summed E-state index contributed by atoms with van der Waals surface area (Å²) in [5.41, 5.74) is 5.46. The predicted octanol–water partition coefficient (Wildman–Crippen LogP) is 0.239. The van der Waals surface area contributed by atoms with Crippen LogP contribution in [0.3, 0.4) is 0 Å². The Labute approximate surface area is 129 Å². The lowest BCUT2D eigenvalue weighted by atomic mass is 10.5. The molecule has 0 atom stereocenters. The molecule has 0 amide bonds. The van der Waals surface area contributed by atoms with Crippen molar-refractivity contribution >= 4 is 38.6 Å². The summed E-state index contributed by atoms with van der Waals surface area (Å²) in [6.07, 6.45) is 0. The lowest BCUT2D eigenvalue weighted by Gasteiger charge is -2.15. The highest BCUT2D eigenvalue weighted by atomic mass is 32.2. The molecular formula is C11H19N3O3S3. The molecule has 1 aromatic heterocycles. The largest absolute Gasteiger partial charge is 0.389 e. The van der Waals surface area contributed by atoms with Crippen molar-refractivity contribution in [1.82, 2.24) is 9.62 Å². The molecule has 0 spiro atoms. The van der Waals surface area contributed by atoms with Gasteiger partial charge in [-0.3, -0.25) is 0 Å². The molecule has 1 heterocycles. The lowest BCUT2D eigenvalue weighted by Crippen LogP contribution is -2.34. The Balaban J connectivity index is 2.51. The fourth-order valence-corrected chi connectivity index (χ4v) is 3.81. The van der Waals surface area contributed by atoms with Crippen LogP contribution in [-0.2, 0) is 14.8 Å². The molecule has 0 radical (unpaired) electrons. The molecule has 114 valence electrons. The molecule has 20 heavy (non-hydrogen) atoms. The Morgan fingerprint density at radius 3 is 2.75 bits per heavy atom. The van der Waals surface area contributed by atoms with E-state index in [9.17, 15) is 8.42 Å². The predicted molar refractivity (Wildman–Crippen MR) is 84.8 cm³/mol. The summed E-state index contributed by atoms with van der Waals surface area (Å²) in [4.78, 5) is 2.79. The Morgan fingerprint density at radius 2 is 2.20 bits per heavy atom. The highest BCUT2D eigenvalue weighted by molar-refractivity contribution is 7.91. The van der Waals surface area contributed by atoms with Gasteiger partial charge in [0.15, 0.2) is 0 Å². The van der Waals surface area contributed by atoms with Crippen LogP contribution in [0.2, 0.25) is 0 Å². The molecule has 1 aromatic rings. The van der Waals surface area contributed by atoms with Crippen LogP contribution in [0.5, 0.6) is 0 Å². The van der Waals surface area contributed by atoms with Gasteiger partial charge in [-0.2, -0.15) is 0 Å². The van der Waals surface area contributed by atoms with E-state index in [-0.39, 0.29) is 9.20 Å². The van der Waals surface area contributed by atoms with Crippen LogP contribution in [0.1, 0.15) is 4.88 Å². The zero-order valence-electron chi connectivity index (χ0n) is 11.5. The van der Waals surface area contributed by atoms with E-state index in [2.05, 4.69) is 4.72 Å². The first-order valence-corrected chi connectivity index (χ1v) is 8.64. The number of likely N-dealkylation sites (N-methyl/N-ethyl adjacent to an activating group) is 1. The number of ether oxygens (including phenoxy) is 1. The maximum Gasteiger partial charge on any atom is 0.250 e. The molecule has 0 saturated heterocycles. The third-order valence-electron chi connectivity index (χ3n) is 2.55. The monoisotopic (exact) mass is 337 g/mol. The van der Waals surface area contributed by atoms with Crippen LogP contribution in [0.4, 0.5) is 0 Å². The van der Waals surface area contributed by atoms with Crippen molar-refractivity contribution in [2.24, 2.45) is 5.73 Å². The molecule has 0 aromatic carbocycles. The van der Waals surface area contributed by atoms with E-state index < -0.39 is 10.0 Å². The minimum absolute atomic E-state index is 0.204. The van der Waals surface area contributed by atoms with Gasteiger partial charge in [0.1, 0.15) is 9.20 Å². The van der Waals surface area contributed by atoms with Gasteiger partial charge >= 0.3 is 0 Å². The van der Waals surface area contributed by atoms with Crippen LogP contribution in [0, 0.1) is 0 Å². The number of hydrogen-bond acceptors (Lipinski definition) is 6. The number of methoxy groups -OCH3 is 1. The van der Waals surface area contributed by atoms with Gasteiger partial charge in [0.25, 0.3) is 0 Å². The van der Waals surface area contributed by atoms with Gasteiger partial charge in [0.2, 0.25) is 10.0 Å². The number of hydrogen-bond donors (Lipinski definition) is 2. The van der Waals surface area contributed by atoms with Crippen LogP contribution in [0.25, 0.3) is 0 Å². The normalized spacial score (nSPS) is 11.9. The van der Waals surface area contributed by atoms with E-state index in [1.54, 1.807) is 13.2 Å². The zero-order chi connectivity index (χ0) is 15.2. The first-order valence-electron chi connectivity index (χ1n) is 5.93. The van der Waals surface area contributed by atoms with Gasteiger partial charge in [-0.25, -0.2) is 13.1 Å². The van der Waals surface area contributed by atoms with E-state index in [1.165, 1.54) is 6.07 Å². The average Bonchev–Trinajstić information content (AvgIpc) is 2.86. The van der Waals surface area contributed by atoms with Gasteiger partial charge in [-0.1, -0.05) is 12.2 Å². The van der Waals surface area contributed by atoms with Crippen molar-refractivity contribution in [3.8, 4) is 0 Å². The Morgan fingerprint density at radius 1 is 1.50 bits per heavy atom. The summed E-state index contributed by atoms with van der Waals surface area (Å²) < 4.78 is 31.8. The number of thiocarbonyl (C=S) groups is 1. The fourth-order valence-electron chi connectivity index (χ4n) is 1.40. The van der Waals surface area contributed by atoms with Crippen molar-refractivity contribution in [3.63, 3.8) is 0 Å². The molecule has 0 bridgehead atoms. The smallest absolute Gasteiger partial charge is 0.250 e. The number of thiophene rings is 1. The maximum atomic E-state index is 12.0. The molecule has 0 unspecified atom stereocenters. The molecule has 9 heteroatoms. The summed E-state index contributed by atoms with van der Waals surface area (Å²) in [5.74, 6) is 0. The van der Waals surface area contributed by atoms with Crippen LogP contribution in [0.15, 0.2) is 16.3 Å². The third kappa shape index (κ3) is 5.43. The summed E-state index contributed by atoms with van der Waals surface area (Å²) in [5, 5.41) is 0. The Kier molecular flexibility index (Phi) is 7.00. The fraction of sp³-hybridized carbons (Fsp3) is 0.545. The van der Waals surface area contributed by atoms with E-state index >= 15 is 0 Å². The van der Waals surface area contributed by atoms with Crippen LogP contribution < -0.4 is 10.5 Å². The summed E-state index contributed by atoms with van der Waals surface area (Å²) in [6, 6.07) is 3.13. The van der Waals surface area contributed by atoms with Gasteiger partial charge in [-0.15, -0.1) is 11.3 Å². The van der Waals surface area contributed by atoms with E-state index in [1.807, 2.05) is 11.9 Å². The topological polar surface area (TPSA) is 84.7 Å². The number of nitrogens with two attached hydrogens (primary N) is 1. The first-order chi connectivity index (χ1) is 9.36. The summed E-state index contributed by atoms with van der Waals surface area (Å²) in [6.45, 7) is 2.31. The van der Waals surface area contributed by atoms with Crippen molar-refractivity contribution in [1.29, 1.82) is 0 Å². The number of sulfonamides is 1. The highest BCUT2D eigenvalue weighted by Gasteiger charge is 2.17. The van der Waals surface area contributed by atoms with Gasteiger partial charge in [0.05, 0.1) is 11.5 Å². The van der Waals surface area contributed by atoms with Crippen LogP contribution in [-0.4, -0.2) is 58.7 Å². The standard InChI is InChI=1S/C11H19N3O3S3/c1-14(7-8-17-2)6-5-13-20(15,16)10-4-3-9(19-10)11(12)18/h3-4,13H,5-8H2,1-2H3,(H2,12,18). The molecule has 0 aliphatic heterocycles. The summed E-state index contributed by atoms with van der Waals surface area (Å²) in [7, 11) is 0.0442. The zero-order valence-corrected chi connectivity index (χ0v) is 13.9. The Hall–Kier alpha value is -0.580. The molecule has 1 rings (SSSR count). The molecule has 0 fully saturated rings. The lowest BCUT2D eigenvalue weighted by molar-refractivity contribution is 0.162. The highest BCUT2D eigenvalue weighted by Crippen LogP contribution is 2.21. The maximum absolute atomic E-state index is 12.0. The van der Waals surface area contributed by atoms with Crippen molar-refractivity contribution in [2.75, 3.05) is 40.4 Å².